The van der Waals surface area contributed by atoms with Crippen molar-refractivity contribution in [3.63, 3.8) is 0 Å². The number of hydrogen-bond acceptors (Lipinski definition) is 3. The molecule has 1 saturated heterocycles. The van der Waals surface area contributed by atoms with Crippen molar-refractivity contribution in [1.29, 1.82) is 0 Å². The van der Waals surface area contributed by atoms with Gasteiger partial charge in [-0.15, -0.1) is 0 Å². The number of benzene rings is 2. The third kappa shape index (κ3) is 3.43. The van der Waals surface area contributed by atoms with Gasteiger partial charge in [-0.1, -0.05) is 72.8 Å². The van der Waals surface area contributed by atoms with Crippen LogP contribution in [0.25, 0.3) is 0 Å². The van der Waals surface area contributed by atoms with Crippen LogP contribution in [0.1, 0.15) is 24.0 Å². The van der Waals surface area contributed by atoms with Crippen LogP contribution in [0.15, 0.2) is 72.8 Å². The zero-order valence-electron chi connectivity index (χ0n) is 14.8. The molecule has 134 valence electrons. The summed E-state index contributed by atoms with van der Waals surface area (Å²) in [5.74, 6) is 0.129. The first kappa shape index (κ1) is 17.0. The molecule has 1 spiro atoms. The number of carbonyl (C=O) groups is 1. The van der Waals surface area contributed by atoms with E-state index < -0.39 is 0 Å². The summed E-state index contributed by atoms with van der Waals surface area (Å²) in [6.07, 6.45) is 5.76. The molecule has 2 aromatic rings. The molecular weight excluding hydrogens is 324 g/mol. The molecule has 0 aliphatic carbocycles. The van der Waals surface area contributed by atoms with Crippen LogP contribution in [0, 0.1) is 0 Å². The Balaban J connectivity index is 1.54. The fourth-order valence-corrected chi connectivity index (χ4v) is 3.75. The van der Waals surface area contributed by atoms with Crippen LogP contribution >= 0.6 is 0 Å². The quantitative estimate of drug-likeness (QED) is 0.817. The van der Waals surface area contributed by atoms with E-state index in [1.54, 1.807) is 0 Å². The second kappa shape index (κ2) is 7.06. The second-order valence-electron chi connectivity index (χ2n) is 7.21. The predicted molar refractivity (Wildman–Crippen MR) is 101 cm³/mol. The van der Waals surface area contributed by atoms with E-state index in [9.17, 15) is 4.79 Å². The van der Waals surface area contributed by atoms with Gasteiger partial charge in [0, 0.05) is 13.0 Å². The van der Waals surface area contributed by atoms with Crippen LogP contribution in [0.3, 0.4) is 0 Å². The van der Waals surface area contributed by atoms with E-state index in [1.165, 1.54) is 5.56 Å². The summed E-state index contributed by atoms with van der Waals surface area (Å²) in [6, 6.07) is 20.6. The number of ether oxygens (including phenoxy) is 1. The van der Waals surface area contributed by atoms with Crippen molar-refractivity contribution < 1.29 is 9.53 Å². The van der Waals surface area contributed by atoms with E-state index in [0.717, 1.165) is 12.0 Å². The van der Waals surface area contributed by atoms with Crippen molar-refractivity contribution in [2.45, 2.75) is 30.5 Å². The lowest BCUT2D eigenvalue weighted by Gasteiger charge is -2.41. The van der Waals surface area contributed by atoms with Gasteiger partial charge in [0.25, 0.3) is 0 Å². The van der Waals surface area contributed by atoms with Crippen molar-refractivity contribution in [1.82, 2.24) is 10.6 Å². The minimum Gasteiger partial charge on any atom is -0.374 e. The summed E-state index contributed by atoms with van der Waals surface area (Å²) < 4.78 is 6.09. The average molecular weight is 348 g/mol. The van der Waals surface area contributed by atoms with Crippen LogP contribution < -0.4 is 10.6 Å². The lowest BCUT2D eigenvalue weighted by molar-refractivity contribution is -0.119. The molecule has 2 heterocycles. The molecule has 2 aliphatic rings. The first-order valence-electron chi connectivity index (χ1n) is 9.13. The third-order valence-electron chi connectivity index (χ3n) is 5.32. The van der Waals surface area contributed by atoms with Crippen LogP contribution in [0.4, 0.5) is 0 Å². The van der Waals surface area contributed by atoms with Crippen molar-refractivity contribution in [3.8, 4) is 0 Å². The lowest BCUT2D eigenvalue weighted by Crippen LogP contribution is -2.58. The molecule has 2 N–H and O–H groups in total. The zero-order chi connectivity index (χ0) is 17.9. The van der Waals surface area contributed by atoms with Gasteiger partial charge in [-0.3, -0.25) is 10.1 Å². The molecule has 2 atom stereocenters. The Bertz CT molecular complexity index is 790. The molecular formula is C22H24N2O2. The standard InChI is InChI=1S/C22H24N2O2/c25-20-11-12-21(24-20)13-14-22(23-16-21,19-9-5-2-6-10-19)17-26-15-18-7-3-1-4-8-18/h1-10,13-14,23H,11-12,15-17H2,(H,24,25)/t21-,22-/m1/s1. The maximum Gasteiger partial charge on any atom is 0.220 e. The molecule has 1 fully saturated rings. The summed E-state index contributed by atoms with van der Waals surface area (Å²) in [6.45, 7) is 1.82. The summed E-state index contributed by atoms with van der Waals surface area (Å²) in [4.78, 5) is 11.7. The molecule has 26 heavy (non-hydrogen) atoms. The van der Waals surface area contributed by atoms with Gasteiger partial charge in [0.05, 0.1) is 24.3 Å². The fourth-order valence-electron chi connectivity index (χ4n) is 3.75. The second-order valence-corrected chi connectivity index (χ2v) is 7.21. The number of hydrogen-bond donors (Lipinski definition) is 2. The van der Waals surface area contributed by atoms with E-state index >= 15 is 0 Å². The van der Waals surface area contributed by atoms with Gasteiger partial charge in [0.15, 0.2) is 0 Å². The van der Waals surface area contributed by atoms with E-state index in [4.69, 9.17) is 4.74 Å². The SMILES string of the molecule is O=C1CC[C@]2(C=C[C@@](COCc3ccccc3)(c3ccccc3)NC2)N1. The normalized spacial score (nSPS) is 27.6. The molecule has 4 nitrogen and oxygen atoms in total. The van der Waals surface area contributed by atoms with Gasteiger partial charge in [0.1, 0.15) is 0 Å². The molecule has 2 aromatic carbocycles. The van der Waals surface area contributed by atoms with E-state index in [2.05, 4.69) is 47.1 Å². The Hall–Kier alpha value is -2.43. The smallest absolute Gasteiger partial charge is 0.220 e. The van der Waals surface area contributed by atoms with Gasteiger partial charge >= 0.3 is 0 Å². The van der Waals surface area contributed by atoms with Crippen LogP contribution in [0.2, 0.25) is 0 Å². The third-order valence-corrected chi connectivity index (χ3v) is 5.32. The molecule has 0 aromatic heterocycles. The van der Waals surface area contributed by atoms with Gasteiger partial charge in [-0.05, 0) is 17.5 Å². The number of nitrogens with one attached hydrogen (secondary N) is 2. The Labute approximate surface area is 154 Å². The molecule has 2 aliphatic heterocycles. The van der Waals surface area contributed by atoms with Gasteiger partial charge in [-0.2, -0.15) is 0 Å². The number of carbonyl (C=O) groups excluding carboxylic acids is 1. The van der Waals surface area contributed by atoms with Crippen molar-refractivity contribution in [2.75, 3.05) is 13.2 Å². The Kier molecular flexibility index (Phi) is 4.62. The molecule has 0 radical (unpaired) electrons. The maximum atomic E-state index is 11.7. The molecule has 0 unspecified atom stereocenters. The topological polar surface area (TPSA) is 50.4 Å². The Morgan fingerprint density at radius 2 is 1.69 bits per heavy atom. The largest absolute Gasteiger partial charge is 0.374 e. The van der Waals surface area contributed by atoms with Crippen molar-refractivity contribution in [3.05, 3.63) is 83.9 Å². The highest BCUT2D eigenvalue weighted by atomic mass is 16.5. The van der Waals surface area contributed by atoms with E-state index in [-0.39, 0.29) is 17.0 Å². The first-order valence-corrected chi connectivity index (χ1v) is 9.13. The van der Waals surface area contributed by atoms with Crippen molar-refractivity contribution >= 4 is 5.91 Å². The Morgan fingerprint density at radius 3 is 2.31 bits per heavy atom. The van der Waals surface area contributed by atoms with Gasteiger partial charge < -0.3 is 10.1 Å². The maximum absolute atomic E-state index is 11.7. The minimum atomic E-state index is -0.380. The summed E-state index contributed by atoms with van der Waals surface area (Å²) in [5.41, 5.74) is 1.70. The van der Waals surface area contributed by atoms with Gasteiger partial charge in [0.2, 0.25) is 5.91 Å². The molecule has 4 rings (SSSR count). The lowest BCUT2D eigenvalue weighted by atomic mass is 9.82. The fraction of sp³-hybridized carbons (Fsp3) is 0.318. The monoisotopic (exact) mass is 348 g/mol. The molecule has 0 saturated carbocycles. The van der Waals surface area contributed by atoms with Gasteiger partial charge in [-0.25, -0.2) is 0 Å². The molecule has 1 amide bonds. The average Bonchev–Trinajstić information content (AvgIpc) is 3.06. The van der Waals surface area contributed by atoms with E-state index in [0.29, 0.717) is 26.2 Å². The zero-order valence-corrected chi connectivity index (χ0v) is 14.8. The van der Waals surface area contributed by atoms with Crippen LogP contribution in [-0.2, 0) is 21.7 Å². The number of rotatable bonds is 5. The highest BCUT2D eigenvalue weighted by Crippen LogP contribution is 2.32. The van der Waals surface area contributed by atoms with Crippen molar-refractivity contribution in [2.24, 2.45) is 0 Å². The molecule has 0 bridgehead atoms. The predicted octanol–water partition coefficient (Wildman–Crippen LogP) is 2.91. The Morgan fingerprint density at radius 1 is 0.962 bits per heavy atom. The van der Waals surface area contributed by atoms with E-state index in [1.807, 2.05) is 36.4 Å². The first-order chi connectivity index (χ1) is 12.7. The van der Waals surface area contributed by atoms with Crippen LogP contribution in [0.5, 0.6) is 0 Å². The molecule has 4 heteroatoms. The highest BCUT2D eigenvalue weighted by Gasteiger charge is 2.42. The summed E-state index contributed by atoms with van der Waals surface area (Å²) >= 11 is 0. The highest BCUT2D eigenvalue weighted by molar-refractivity contribution is 5.80. The minimum absolute atomic E-state index is 0.129. The van der Waals surface area contributed by atoms with Crippen LogP contribution in [-0.4, -0.2) is 24.6 Å². The number of amides is 1. The summed E-state index contributed by atoms with van der Waals surface area (Å²) in [7, 11) is 0. The summed E-state index contributed by atoms with van der Waals surface area (Å²) in [5, 5.41) is 6.77.